The molecule has 1 rings (SSSR count). The van der Waals surface area contributed by atoms with Gasteiger partial charge in [0.05, 0.1) is 10.5 Å². The van der Waals surface area contributed by atoms with E-state index in [-0.39, 0.29) is 5.56 Å². The van der Waals surface area contributed by atoms with Crippen molar-refractivity contribution in [3.8, 4) is 0 Å². The molecular formula is C14H17F2NO5S. The highest BCUT2D eigenvalue weighted by Crippen LogP contribution is 2.18. The van der Waals surface area contributed by atoms with Gasteiger partial charge < -0.3 is 10.1 Å². The van der Waals surface area contributed by atoms with E-state index in [0.717, 1.165) is 37.1 Å². The molecule has 0 atom stereocenters. The van der Waals surface area contributed by atoms with Crippen molar-refractivity contribution in [3.05, 3.63) is 29.8 Å². The summed E-state index contributed by atoms with van der Waals surface area (Å²) in [6.45, 7) is 1.97. The molecule has 0 unspecified atom stereocenters. The third-order valence-electron chi connectivity index (χ3n) is 2.84. The molecule has 1 aromatic rings. The number of ether oxygens (including phenoxy) is 1. The van der Waals surface area contributed by atoms with Crippen LogP contribution in [0.25, 0.3) is 0 Å². The molecule has 0 bridgehead atoms. The third kappa shape index (κ3) is 5.59. The summed E-state index contributed by atoms with van der Waals surface area (Å²) in [5.74, 6) is -4.84. The molecule has 128 valence electrons. The number of carbonyl (C=O) groups is 2. The molecule has 0 aliphatic carbocycles. The fraction of sp³-hybridized carbons (Fsp3) is 0.429. The zero-order valence-corrected chi connectivity index (χ0v) is 13.2. The molecule has 0 aliphatic heterocycles. The van der Waals surface area contributed by atoms with Gasteiger partial charge in [-0.15, -0.1) is 0 Å². The van der Waals surface area contributed by atoms with Crippen LogP contribution in [0, 0.1) is 0 Å². The number of nitrogens with one attached hydrogen (secondary N) is 1. The fourth-order valence-electron chi connectivity index (χ4n) is 1.55. The van der Waals surface area contributed by atoms with Crippen LogP contribution in [0.4, 0.5) is 8.78 Å². The van der Waals surface area contributed by atoms with E-state index in [2.05, 4.69) is 5.32 Å². The van der Waals surface area contributed by atoms with Crippen molar-refractivity contribution in [2.24, 2.45) is 0 Å². The molecule has 1 aromatic carbocycles. The highest BCUT2D eigenvalue weighted by molar-refractivity contribution is 7.91. The predicted molar refractivity (Wildman–Crippen MR) is 77.8 cm³/mol. The first-order valence-corrected chi connectivity index (χ1v) is 8.39. The maximum absolute atomic E-state index is 12.4. The monoisotopic (exact) mass is 349 g/mol. The second kappa shape index (κ2) is 8.56. The lowest BCUT2D eigenvalue weighted by Gasteiger charge is -2.07. The summed E-state index contributed by atoms with van der Waals surface area (Å²) in [6, 6.07) is 3.87. The quantitative estimate of drug-likeness (QED) is 0.570. The molecule has 0 radical (unpaired) electrons. The minimum absolute atomic E-state index is 0.0421. The van der Waals surface area contributed by atoms with Crippen molar-refractivity contribution in [1.29, 1.82) is 0 Å². The maximum Gasteiger partial charge on any atom is 0.341 e. The second-order valence-corrected chi connectivity index (χ2v) is 6.53. The van der Waals surface area contributed by atoms with Crippen LogP contribution in [0.2, 0.25) is 0 Å². The fourth-order valence-corrected chi connectivity index (χ4v) is 2.27. The first-order chi connectivity index (χ1) is 10.8. The molecule has 6 nitrogen and oxygen atoms in total. The summed E-state index contributed by atoms with van der Waals surface area (Å²) in [5.41, 5.74) is -0.0421. The Kier molecular flexibility index (Phi) is 7.08. The maximum atomic E-state index is 12.4. The average molecular weight is 349 g/mol. The summed E-state index contributed by atoms with van der Waals surface area (Å²) >= 11 is 0. The van der Waals surface area contributed by atoms with Gasteiger partial charge in [0.2, 0.25) is 9.84 Å². The Labute approximate surface area is 132 Å². The van der Waals surface area contributed by atoms with Crippen LogP contribution in [-0.4, -0.2) is 39.2 Å². The normalized spacial score (nSPS) is 11.3. The van der Waals surface area contributed by atoms with Gasteiger partial charge in [-0.05, 0) is 30.7 Å². The lowest BCUT2D eigenvalue weighted by Crippen LogP contribution is -2.29. The van der Waals surface area contributed by atoms with Gasteiger partial charge in [0.25, 0.3) is 5.91 Å². The molecule has 0 saturated heterocycles. The molecular weight excluding hydrogens is 332 g/mol. The number of hydrogen-bond donors (Lipinski definition) is 1. The van der Waals surface area contributed by atoms with Crippen molar-refractivity contribution in [2.45, 2.75) is 30.4 Å². The number of carbonyl (C=O) groups excluding carboxylic acids is 2. The third-order valence-corrected chi connectivity index (χ3v) is 4.24. The number of hydrogen-bond acceptors (Lipinski definition) is 5. The molecule has 0 spiro atoms. The van der Waals surface area contributed by atoms with Crippen LogP contribution in [0.5, 0.6) is 0 Å². The number of esters is 1. The van der Waals surface area contributed by atoms with Crippen molar-refractivity contribution in [1.82, 2.24) is 5.32 Å². The number of rotatable bonds is 8. The van der Waals surface area contributed by atoms with Gasteiger partial charge in [-0.3, -0.25) is 4.79 Å². The lowest BCUT2D eigenvalue weighted by molar-refractivity contribution is -0.124. The van der Waals surface area contributed by atoms with Gasteiger partial charge in [0.15, 0.2) is 6.61 Å². The summed E-state index contributed by atoms with van der Waals surface area (Å²) < 4.78 is 52.0. The van der Waals surface area contributed by atoms with Crippen LogP contribution in [0.3, 0.4) is 0 Å². The van der Waals surface area contributed by atoms with Gasteiger partial charge in [-0.2, -0.15) is 8.78 Å². The second-order valence-electron chi connectivity index (χ2n) is 4.61. The summed E-state index contributed by atoms with van der Waals surface area (Å²) in [4.78, 5) is 22.4. The Morgan fingerprint density at radius 2 is 1.83 bits per heavy atom. The Bertz CT molecular complexity index is 644. The zero-order valence-electron chi connectivity index (χ0n) is 12.4. The smallest absolute Gasteiger partial charge is 0.341 e. The summed E-state index contributed by atoms with van der Waals surface area (Å²) in [7, 11) is -4.71. The Morgan fingerprint density at radius 1 is 1.22 bits per heavy atom. The number of amides is 1. The molecule has 9 heteroatoms. The van der Waals surface area contributed by atoms with E-state index in [0.29, 0.717) is 6.54 Å². The van der Waals surface area contributed by atoms with Crippen molar-refractivity contribution >= 4 is 21.7 Å². The minimum atomic E-state index is -4.71. The lowest BCUT2D eigenvalue weighted by atomic mass is 10.2. The van der Waals surface area contributed by atoms with E-state index in [1.807, 2.05) is 6.92 Å². The number of sulfone groups is 1. The SMILES string of the molecule is CCCCNC(=O)COC(=O)c1ccc(S(=O)(=O)C(F)F)cc1. The Balaban J connectivity index is 2.60. The number of alkyl halides is 2. The van der Waals surface area contributed by atoms with Crippen molar-refractivity contribution in [3.63, 3.8) is 0 Å². The van der Waals surface area contributed by atoms with Crippen molar-refractivity contribution < 1.29 is 31.5 Å². The summed E-state index contributed by atoms with van der Waals surface area (Å²) in [6.07, 6.45) is 1.72. The van der Waals surface area contributed by atoms with Crippen molar-refractivity contribution in [2.75, 3.05) is 13.2 Å². The van der Waals surface area contributed by atoms with Gasteiger partial charge in [-0.1, -0.05) is 13.3 Å². The number of unbranched alkanes of at least 4 members (excludes halogenated alkanes) is 1. The largest absolute Gasteiger partial charge is 0.452 e. The van der Waals surface area contributed by atoms with Gasteiger partial charge >= 0.3 is 11.7 Å². The molecule has 0 saturated carbocycles. The highest BCUT2D eigenvalue weighted by Gasteiger charge is 2.26. The molecule has 1 N–H and O–H groups in total. The topological polar surface area (TPSA) is 89.5 Å². The first-order valence-electron chi connectivity index (χ1n) is 6.85. The minimum Gasteiger partial charge on any atom is -0.452 e. The predicted octanol–water partition coefficient (Wildman–Crippen LogP) is 1.76. The van der Waals surface area contributed by atoms with E-state index in [1.54, 1.807) is 0 Å². The number of benzene rings is 1. The molecule has 0 aliphatic rings. The molecule has 0 heterocycles. The van der Waals surface area contributed by atoms with E-state index < -0.39 is 39.0 Å². The van der Waals surface area contributed by atoms with E-state index >= 15 is 0 Å². The van der Waals surface area contributed by atoms with Crippen LogP contribution >= 0.6 is 0 Å². The van der Waals surface area contributed by atoms with E-state index in [9.17, 15) is 26.8 Å². The van der Waals surface area contributed by atoms with Gasteiger partial charge in [0, 0.05) is 6.54 Å². The van der Waals surface area contributed by atoms with Crippen LogP contribution in [0.15, 0.2) is 29.2 Å². The Morgan fingerprint density at radius 3 is 2.35 bits per heavy atom. The highest BCUT2D eigenvalue weighted by atomic mass is 32.2. The first kappa shape index (κ1) is 19.0. The van der Waals surface area contributed by atoms with Gasteiger partial charge in [0.1, 0.15) is 0 Å². The van der Waals surface area contributed by atoms with Crippen LogP contribution < -0.4 is 5.32 Å². The standard InChI is InChI=1S/C14H17F2NO5S/c1-2-3-8-17-12(18)9-22-13(19)10-4-6-11(7-5-10)23(20,21)14(15)16/h4-7,14H,2-3,8-9H2,1H3,(H,17,18). The molecule has 23 heavy (non-hydrogen) atoms. The van der Waals surface area contributed by atoms with E-state index in [4.69, 9.17) is 4.74 Å². The van der Waals surface area contributed by atoms with Gasteiger partial charge in [-0.25, -0.2) is 13.2 Å². The Hall–Kier alpha value is -2.03. The van der Waals surface area contributed by atoms with Crippen LogP contribution in [0.1, 0.15) is 30.1 Å². The molecule has 0 fully saturated rings. The molecule has 0 aromatic heterocycles. The summed E-state index contributed by atoms with van der Waals surface area (Å²) in [5, 5.41) is 2.55. The average Bonchev–Trinajstić information content (AvgIpc) is 2.52. The molecule has 1 amide bonds. The van der Waals surface area contributed by atoms with E-state index in [1.165, 1.54) is 0 Å². The van der Waals surface area contributed by atoms with Crippen LogP contribution in [-0.2, 0) is 19.4 Å². The zero-order chi connectivity index (χ0) is 17.5. The number of halogens is 2.